The minimum Gasteiger partial charge on any atom is -0.478 e. The highest BCUT2D eigenvalue weighted by Crippen LogP contribution is 2.31. The van der Waals surface area contributed by atoms with E-state index in [1.54, 1.807) is 0 Å². The molecule has 0 saturated heterocycles. The van der Waals surface area contributed by atoms with Gasteiger partial charge in [0.1, 0.15) is 5.56 Å². The number of nitrogens with zero attached hydrogens (tertiary/aromatic N) is 3. The zero-order valence-corrected chi connectivity index (χ0v) is 15.1. The van der Waals surface area contributed by atoms with Crippen molar-refractivity contribution in [3.05, 3.63) is 88.4 Å². The number of carbonyl (C=O) groups is 1. The number of carboxylic acid groups (broad SMARTS) is 1. The molecule has 2 aliphatic rings. The summed E-state index contributed by atoms with van der Waals surface area (Å²) in [6.45, 7) is 0.849. The molecule has 136 valence electrons. The van der Waals surface area contributed by atoms with E-state index in [2.05, 4.69) is 44.8 Å². The number of fused-ring (bicyclic) bond motifs is 1. The van der Waals surface area contributed by atoms with Gasteiger partial charge < -0.3 is 15.3 Å². The summed E-state index contributed by atoms with van der Waals surface area (Å²) in [7, 11) is 0. The highest BCUT2D eigenvalue weighted by molar-refractivity contribution is 6.29. The largest absolute Gasteiger partial charge is 0.478 e. The molecule has 1 aliphatic carbocycles. The third kappa shape index (κ3) is 3.71. The van der Waals surface area contributed by atoms with Gasteiger partial charge in [-0.2, -0.15) is 0 Å². The average Bonchev–Trinajstić information content (AvgIpc) is 3.06. The summed E-state index contributed by atoms with van der Waals surface area (Å²) in [5, 5.41) is 20.0. The fraction of sp³-hybridized carbons (Fsp3) is 0.150. The maximum atomic E-state index is 11.4. The van der Waals surface area contributed by atoms with Crippen molar-refractivity contribution < 1.29 is 9.90 Å². The first-order valence-electron chi connectivity index (χ1n) is 8.53. The number of halogens is 1. The van der Waals surface area contributed by atoms with E-state index in [4.69, 9.17) is 11.6 Å². The second-order valence-electron chi connectivity index (χ2n) is 6.39. The number of aromatic nitrogens is 2. The van der Waals surface area contributed by atoms with Crippen molar-refractivity contribution >= 4 is 23.4 Å². The Labute approximate surface area is 161 Å². The third-order valence-corrected chi connectivity index (χ3v) is 4.78. The van der Waals surface area contributed by atoms with Crippen LogP contribution >= 0.6 is 11.6 Å². The van der Waals surface area contributed by atoms with Gasteiger partial charge in [-0.3, -0.25) is 0 Å². The van der Waals surface area contributed by atoms with Crippen LogP contribution in [0.1, 0.15) is 22.3 Å². The van der Waals surface area contributed by atoms with Crippen molar-refractivity contribution in [2.24, 2.45) is 0 Å². The average molecular weight is 381 g/mol. The minimum atomic E-state index is -1.11. The van der Waals surface area contributed by atoms with E-state index < -0.39 is 5.97 Å². The van der Waals surface area contributed by atoms with Crippen molar-refractivity contribution in [1.29, 1.82) is 0 Å². The van der Waals surface area contributed by atoms with E-state index in [0.717, 1.165) is 18.7 Å². The summed E-state index contributed by atoms with van der Waals surface area (Å²) in [6, 6.07) is 11.9. The van der Waals surface area contributed by atoms with E-state index in [1.165, 1.54) is 17.2 Å². The lowest BCUT2D eigenvalue weighted by Crippen LogP contribution is -2.29. The molecule has 2 aromatic rings. The monoisotopic (exact) mass is 380 g/mol. The Hall–Kier alpha value is -3.12. The van der Waals surface area contributed by atoms with E-state index in [-0.39, 0.29) is 22.6 Å². The predicted molar refractivity (Wildman–Crippen MR) is 103 cm³/mol. The maximum Gasteiger partial charge on any atom is 0.339 e. The van der Waals surface area contributed by atoms with Crippen LogP contribution in [0.3, 0.4) is 0 Å². The van der Waals surface area contributed by atoms with E-state index >= 15 is 0 Å². The number of carboxylic acids is 1. The van der Waals surface area contributed by atoms with Crippen LogP contribution < -0.4 is 5.32 Å². The van der Waals surface area contributed by atoms with Crippen LogP contribution in [0.15, 0.2) is 72.1 Å². The Kier molecular flexibility index (Phi) is 4.64. The summed E-state index contributed by atoms with van der Waals surface area (Å²) in [6.07, 6.45) is 9.06. The maximum absolute atomic E-state index is 11.4. The Morgan fingerprint density at radius 3 is 2.89 bits per heavy atom. The second-order valence-corrected chi connectivity index (χ2v) is 6.78. The Morgan fingerprint density at radius 2 is 2.11 bits per heavy atom. The smallest absolute Gasteiger partial charge is 0.339 e. The van der Waals surface area contributed by atoms with Crippen LogP contribution in [0.4, 0.5) is 5.82 Å². The highest BCUT2D eigenvalue weighted by atomic mass is 35.5. The number of hydrogen-bond acceptors (Lipinski definition) is 5. The molecule has 1 aromatic heterocycles. The zero-order chi connectivity index (χ0) is 18.8. The second kappa shape index (κ2) is 7.25. The van der Waals surface area contributed by atoms with Crippen molar-refractivity contribution in [1.82, 2.24) is 15.1 Å². The molecule has 1 aromatic carbocycles. The molecule has 0 saturated carbocycles. The van der Waals surface area contributed by atoms with E-state index in [0.29, 0.717) is 0 Å². The minimum absolute atomic E-state index is 0.0101. The molecule has 1 unspecified atom stereocenters. The number of hydrogen-bond donors (Lipinski definition) is 2. The number of rotatable bonds is 5. The van der Waals surface area contributed by atoms with Gasteiger partial charge in [-0.05, 0) is 35.8 Å². The predicted octanol–water partition coefficient (Wildman–Crippen LogP) is 3.85. The number of anilines is 1. The molecule has 2 heterocycles. The molecule has 0 amide bonds. The first-order chi connectivity index (χ1) is 13.1. The van der Waals surface area contributed by atoms with Crippen molar-refractivity contribution in [3.63, 3.8) is 0 Å². The van der Waals surface area contributed by atoms with E-state index in [1.807, 2.05) is 30.4 Å². The van der Waals surface area contributed by atoms with Gasteiger partial charge in [0.25, 0.3) is 0 Å². The molecule has 0 spiro atoms. The summed E-state index contributed by atoms with van der Waals surface area (Å²) in [4.78, 5) is 13.7. The van der Waals surface area contributed by atoms with Crippen molar-refractivity contribution in [3.8, 4) is 0 Å². The molecule has 4 rings (SSSR count). The lowest BCUT2D eigenvalue weighted by Gasteiger charge is -2.28. The molecule has 0 fully saturated rings. The first kappa shape index (κ1) is 17.3. The number of nitrogens with one attached hydrogen (secondary N) is 1. The lowest BCUT2D eigenvalue weighted by atomic mass is 9.98. The molecule has 0 radical (unpaired) electrons. The Bertz CT molecular complexity index is 969. The van der Waals surface area contributed by atoms with Crippen LogP contribution in [0, 0.1) is 0 Å². The summed E-state index contributed by atoms with van der Waals surface area (Å²) < 4.78 is 0. The van der Waals surface area contributed by atoms with Crippen LogP contribution in [0.2, 0.25) is 5.15 Å². The van der Waals surface area contributed by atoms with Crippen LogP contribution in [-0.4, -0.2) is 32.2 Å². The van der Waals surface area contributed by atoms with Crippen LogP contribution in [0.25, 0.3) is 0 Å². The SMILES string of the molecule is O=C(O)c1cc(Cl)nnc1NC1=CCC2C(=C1)C=CN2Cc1ccccc1. The molecule has 2 N–H and O–H groups in total. The summed E-state index contributed by atoms with van der Waals surface area (Å²) in [5.41, 5.74) is 3.23. The normalized spacial score (nSPS) is 18.0. The van der Waals surface area contributed by atoms with Gasteiger partial charge in [0.2, 0.25) is 0 Å². The van der Waals surface area contributed by atoms with Gasteiger partial charge >= 0.3 is 5.97 Å². The first-order valence-corrected chi connectivity index (χ1v) is 8.91. The standard InChI is InChI=1S/C20H17ClN4O2/c21-18-11-16(20(26)27)19(24-23-18)22-15-6-7-17-14(10-15)8-9-25(17)12-13-4-2-1-3-5-13/h1-6,8-11,17H,7,12H2,(H,22,24)(H,26,27). The fourth-order valence-corrected chi connectivity index (χ4v) is 3.43. The van der Waals surface area contributed by atoms with Gasteiger partial charge in [0, 0.05) is 18.4 Å². The number of benzene rings is 1. The number of allylic oxidation sites excluding steroid dienone is 1. The molecular weight excluding hydrogens is 364 g/mol. The van der Waals surface area contributed by atoms with Crippen molar-refractivity contribution in [2.45, 2.75) is 19.0 Å². The molecule has 0 bridgehead atoms. The zero-order valence-electron chi connectivity index (χ0n) is 14.3. The molecule has 1 atom stereocenters. The lowest BCUT2D eigenvalue weighted by molar-refractivity contribution is 0.0697. The highest BCUT2D eigenvalue weighted by Gasteiger charge is 2.26. The number of aromatic carboxylic acids is 1. The Balaban J connectivity index is 1.49. The molecule has 7 heteroatoms. The van der Waals surface area contributed by atoms with Gasteiger partial charge in [-0.1, -0.05) is 48.0 Å². The quantitative estimate of drug-likeness (QED) is 0.820. The van der Waals surface area contributed by atoms with Gasteiger partial charge in [-0.25, -0.2) is 4.79 Å². The van der Waals surface area contributed by atoms with Gasteiger partial charge in [0.15, 0.2) is 11.0 Å². The van der Waals surface area contributed by atoms with Crippen molar-refractivity contribution in [2.75, 3.05) is 5.32 Å². The Morgan fingerprint density at radius 1 is 1.30 bits per heavy atom. The summed E-state index contributed by atoms with van der Waals surface area (Å²) >= 11 is 5.75. The molecule has 6 nitrogen and oxygen atoms in total. The summed E-state index contributed by atoms with van der Waals surface area (Å²) in [5.74, 6) is -0.928. The topological polar surface area (TPSA) is 78.3 Å². The molecular formula is C20H17ClN4O2. The third-order valence-electron chi connectivity index (χ3n) is 4.59. The van der Waals surface area contributed by atoms with E-state index in [9.17, 15) is 9.90 Å². The van der Waals surface area contributed by atoms with Gasteiger partial charge in [0.05, 0.1) is 6.04 Å². The van der Waals surface area contributed by atoms with Gasteiger partial charge in [-0.15, -0.1) is 10.2 Å². The fourth-order valence-electron chi connectivity index (χ4n) is 3.29. The van der Waals surface area contributed by atoms with Crippen LogP contribution in [-0.2, 0) is 6.54 Å². The van der Waals surface area contributed by atoms with Crippen LogP contribution in [0.5, 0.6) is 0 Å². The molecule has 27 heavy (non-hydrogen) atoms. The molecule has 1 aliphatic heterocycles.